The highest BCUT2D eigenvalue weighted by molar-refractivity contribution is 6.35. The van der Waals surface area contributed by atoms with Gasteiger partial charge in [0.05, 0.1) is 23.4 Å². The third-order valence-electron chi connectivity index (χ3n) is 5.95. The third kappa shape index (κ3) is 4.18. The minimum atomic E-state index is -0.990. The van der Waals surface area contributed by atoms with Gasteiger partial charge in [-0.1, -0.05) is 26.0 Å². The molecule has 3 aliphatic rings. The number of hydrogen-bond donors (Lipinski definition) is 2. The van der Waals surface area contributed by atoms with Crippen molar-refractivity contribution in [1.29, 1.82) is 0 Å². The van der Waals surface area contributed by atoms with E-state index in [1.54, 1.807) is 55.7 Å². The predicted octanol–water partition coefficient (Wildman–Crippen LogP) is 4.75. The number of amides is 3. The molecule has 0 fully saturated rings. The molecule has 0 saturated carbocycles. The summed E-state index contributed by atoms with van der Waals surface area (Å²) < 4.78 is 10.6. The maximum absolute atomic E-state index is 13.5. The summed E-state index contributed by atoms with van der Waals surface area (Å²) in [6.45, 7) is 7.43. The van der Waals surface area contributed by atoms with Gasteiger partial charge in [-0.3, -0.25) is 19.6 Å². The Hall–Kier alpha value is -4.24. The first-order chi connectivity index (χ1) is 17.2. The molecule has 2 N–H and O–H groups in total. The Morgan fingerprint density at radius 3 is 2.22 bits per heavy atom. The fourth-order valence-corrected chi connectivity index (χ4v) is 4.57. The summed E-state index contributed by atoms with van der Waals surface area (Å²) in [6.07, 6.45) is -0.548. The molecule has 0 saturated heterocycles. The van der Waals surface area contributed by atoms with E-state index in [9.17, 15) is 19.2 Å². The Balaban J connectivity index is 2.06. The van der Waals surface area contributed by atoms with E-state index in [0.29, 0.717) is 28.7 Å². The number of benzene rings is 1. The van der Waals surface area contributed by atoms with Gasteiger partial charge in [0.1, 0.15) is 0 Å². The van der Waals surface area contributed by atoms with Gasteiger partial charge >= 0.3 is 6.16 Å². The molecule has 36 heavy (non-hydrogen) atoms. The molecule has 9 heteroatoms. The number of imide groups is 1. The minimum Gasteiger partial charge on any atom is -0.434 e. The number of nitrogens with zero attached hydrogens (tertiary/aromatic N) is 1. The SMILES string of the molecule is CCOC(=O)Oc1c2ccc(C(=O)NO)cc(C)c-2c(CC(C)C)c1N1C(=O)c2ccccc2C1=O. The number of fused-ring (bicyclic) bond motifs is 2. The maximum atomic E-state index is 13.5. The minimum absolute atomic E-state index is 0.0109. The van der Waals surface area contributed by atoms with Gasteiger partial charge in [0.15, 0.2) is 5.75 Å². The molecule has 1 heterocycles. The molecular weight excluding hydrogens is 464 g/mol. The molecule has 0 unspecified atom stereocenters. The molecule has 1 aliphatic heterocycles. The fraction of sp³-hybridized carbons (Fsp3) is 0.259. The van der Waals surface area contributed by atoms with E-state index in [4.69, 9.17) is 14.7 Å². The number of hydroxylamine groups is 1. The number of hydrogen-bond acceptors (Lipinski definition) is 7. The normalized spacial score (nSPS) is 12.8. The molecule has 4 rings (SSSR count). The van der Waals surface area contributed by atoms with Crippen molar-refractivity contribution in [3.05, 3.63) is 70.3 Å². The third-order valence-corrected chi connectivity index (χ3v) is 5.95. The van der Waals surface area contributed by atoms with E-state index in [0.717, 1.165) is 4.90 Å². The van der Waals surface area contributed by atoms with Crippen molar-refractivity contribution in [2.75, 3.05) is 11.5 Å². The highest BCUT2D eigenvalue weighted by Crippen LogP contribution is 2.52. The van der Waals surface area contributed by atoms with Crippen molar-refractivity contribution in [3.63, 3.8) is 0 Å². The molecule has 0 radical (unpaired) electrons. The highest BCUT2D eigenvalue weighted by atomic mass is 16.7. The Labute approximate surface area is 207 Å². The first-order valence-electron chi connectivity index (χ1n) is 11.6. The molecule has 0 atom stereocenters. The Kier molecular flexibility index (Phi) is 6.76. The molecule has 1 aromatic carbocycles. The fourth-order valence-electron chi connectivity index (χ4n) is 4.57. The van der Waals surface area contributed by atoms with Crippen molar-refractivity contribution in [2.45, 2.75) is 34.1 Å². The zero-order valence-corrected chi connectivity index (χ0v) is 20.4. The molecule has 0 spiro atoms. The number of nitrogens with one attached hydrogen (secondary N) is 1. The summed E-state index contributed by atoms with van der Waals surface area (Å²) in [6, 6.07) is 11.1. The molecule has 3 amide bonds. The number of anilines is 1. The smallest absolute Gasteiger partial charge is 0.434 e. The Bertz CT molecular complexity index is 1330. The van der Waals surface area contributed by atoms with E-state index in [2.05, 4.69) is 0 Å². The lowest BCUT2D eigenvalue weighted by molar-refractivity contribution is 0.0706. The van der Waals surface area contributed by atoms with Crippen molar-refractivity contribution in [2.24, 2.45) is 5.92 Å². The van der Waals surface area contributed by atoms with Crippen LogP contribution in [0.25, 0.3) is 11.1 Å². The first kappa shape index (κ1) is 24.9. The van der Waals surface area contributed by atoms with Gasteiger partial charge in [0.2, 0.25) is 0 Å². The van der Waals surface area contributed by atoms with Crippen molar-refractivity contribution >= 4 is 29.6 Å². The van der Waals surface area contributed by atoms with Crippen molar-refractivity contribution in [1.82, 2.24) is 5.48 Å². The molecule has 186 valence electrons. The number of carbonyl (C=O) groups is 4. The van der Waals surface area contributed by atoms with Crippen LogP contribution in [0.4, 0.5) is 10.5 Å². The molecule has 1 aromatic rings. The van der Waals surface area contributed by atoms with Crippen LogP contribution in [0.1, 0.15) is 63.0 Å². The monoisotopic (exact) mass is 490 g/mol. The van der Waals surface area contributed by atoms with Crippen LogP contribution in [0.15, 0.2) is 42.5 Å². The van der Waals surface area contributed by atoms with Crippen molar-refractivity contribution < 1.29 is 33.9 Å². The Morgan fingerprint density at radius 2 is 1.67 bits per heavy atom. The molecule has 0 bridgehead atoms. The second-order valence-corrected chi connectivity index (χ2v) is 8.88. The van der Waals surface area contributed by atoms with Crippen molar-refractivity contribution in [3.8, 4) is 16.9 Å². The second kappa shape index (κ2) is 9.79. The maximum Gasteiger partial charge on any atom is 0.513 e. The summed E-state index contributed by atoms with van der Waals surface area (Å²) in [7, 11) is 0. The highest BCUT2D eigenvalue weighted by Gasteiger charge is 2.42. The van der Waals surface area contributed by atoms with E-state index in [1.807, 2.05) is 13.8 Å². The van der Waals surface area contributed by atoms with Crippen LogP contribution in [-0.2, 0) is 11.2 Å². The van der Waals surface area contributed by atoms with Crippen LogP contribution < -0.4 is 15.1 Å². The van der Waals surface area contributed by atoms with Crippen LogP contribution in [0, 0.1) is 12.8 Å². The molecule has 2 aliphatic carbocycles. The van der Waals surface area contributed by atoms with E-state index in [1.165, 1.54) is 6.07 Å². The summed E-state index contributed by atoms with van der Waals surface area (Å²) in [5.74, 6) is -1.66. The van der Waals surface area contributed by atoms with Gasteiger partial charge in [-0.15, -0.1) is 0 Å². The lowest BCUT2D eigenvalue weighted by Crippen LogP contribution is -2.30. The summed E-state index contributed by atoms with van der Waals surface area (Å²) in [4.78, 5) is 52.6. The number of carbonyl (C=O) groups excluding carboxylic acids is 4. The second-order valence-electron chi connectivity index (χ2n) is 8.88. The van der Waals surface area contributed by atoms with Crippen LogP contribution in [0.2, 0.25) is 0 Å². The summed E-state index contributed by atoms with van der Waals surface area (Å²) in [5.41, 5.74) is 4.78. The zero-order valence-electron chi connectivity index (χ0n) is 20.4. The first-order valence-corrected chi connectivity index (χ1v) is 11.6. The Morgan fingerprint density at radius 1 is 1.03 bits per heavy atom. The summed E-state index contributed by atoms with van der Waals surface area (Å²) >= 11 is 0. The average Bonchev–Trinajstić information content (AvgIpc) is 3.17. The van der Waals surface area contributed by atoms with Crippen LogP contribution in [0.3, 0.4) is 0 Å². The van der Waals surface area contributed by atoms with E-state index < -0.39 is 23.9 Å². The number of rotatable bonds is 6. The van der Waals surface area contributed by atoms with Gasteiger partial charge in [-0.25, -0.2) is 15.2 Å². The lowest BCUT2D eigenvalue weighted by atomic mass is 9.96. The van der Waals surface area contributed by atoms with Gasteiger partial charge in [0.25, 0.3) is 17.7 Å². The van der Waals surface area contributed by atoms with Gasteiger partial charge in [0, 0.05) is 11.1 Å². The van der Waals surface area contributed by atoms with Crippen LogP contribution in [-0.4, -0.2) is 35.7 Å². The van der Waals surface area contributed by atoms with E-state index in [-0.39, 0.29) is 40.7 Å². The predicted molar refractivity (Wildman–Crippen MR) is 131 cm³/mol. The molecule has 9 nitrogen and oxygen atoms in total. The topological polar surface area (TPSA) is 122 Å². The van der Waals surface area contributed by atoms with E-state index >= 15 is 0 Å². The number of aryl methyl sites for hydroxylation is 1. The number of ether oxygens (including phenoxy) is 2. The van der Waals surface area contributed by atoms with Crippen LogP contribution in [0.5, 0.6) is 5.75 Å². The standard InChI is InChI=1S/C27H26N2O7/c1-5-35-27(33)36-23-19-11-10-16(24(30)28-34)13-15(4)21(19)20(12-14(2)3)22(23)29-25(31)17-8-6-7-9-18(17)26(29)32/h6-11,13-14,34H,5,12H2,1-4H3,(H,28,30). The zero-order chi connectivity index (χ0) is 26.1. The molecule has 0 aromatic heterocycles. The average molecular weight is 491 g/mol. The van der Waals surface area contributed by atoms with Crippen LogP contribution >= 0.6 is 0 Å². The largest absolute Gasteiger partial charge is 0.513 e. The lowest BCUT2D eigenvalue weighted by Gasteiger charge is -2.18. The van der Waals surface area contributed by atoms with Gasteiger partial charge in [-0.05, 0) is 73.2 Å². The van der Waals surface area contributed by atoms with Gasteiger partial charge in [-0.2, -0.15) is 0 Å². The summed E-state index contributed by atoms with van der Waals surface area (Å²) in [5, 5.41) is 9.12. The molecular formula is C27H26N2O7. The van der Waals surface area contributed by atoms with Gasteiger partial charge < -0.3 is 9.47 Å². The quantitative estimate of drug-likeness (QED) is 0.221.